The molecule has 0 saturated carbocycles. The van der Waals surface area contributed by atoms with E-state index in [1.807, 2.05) is 0 Å². The second-order valence-corrected chi connectivity index (χ2v) is 5.45. The van der Waals surface area contributed by atoms with E-state index in [1.165, 1.54) is 4.90 Å². The summed E-state index contributed by atoms with van der Waals surface area (Å²) in [6, 6.07) is 0.633. The van der Waals surface area contributed by atoms with Gasteiger partial charge in [-0.3, -0.25) is 9.69 Å². The fourth-order valence-corrected chi connectivity index (χ4v) is 2.86. The second-order valence-electron chi connectivity index (χ2n) is 5.45. The van der Waals surface area contributed by atoms with Crippen molar-refractivity contribution < 1.29 is 22.4 Å². The van der Waals surface area contributed by atoms with E-state index in [4.69, 9.17) is 0 Å². The van der Waals surface area contributed by atoms with Gasteiger partial charge in [-0.25, -0.2) is 17.6 Å². The minimum Gasteiger partial charge on any atom is -0.335 e. The smallest absolute Gasteiger partial charge is 0.257 e. The first-order valence-corrected chi connectivity index (χ1v) is 6.85. The Bertz CT molecular complexity index is 581. The van der Waals surface area contributed by atoms with Gasteiger partial charge in [-0.1, -0.05) is 0 Å². The SMILES string of the molecule is O=C(c1cc(F)c(F)c(F)c1F)N1CC(N2CCCC2)C1. The third kappa shape index (κ3) is 2.39. The molecule has 0 aromatic heterocycles. The predicted octanol–water partition coefficient (Wildman–Crippen LogP) is 2.16. The van der Waals surface area contributed by atoms with E-state index in [0.29, 0.717) is 19.2 Å². The van der Waals surface area contributed by atoms with Crippen LogP contribution in [0.5, 0.6) is 0 Å². The Hall–Kier alpha value is -1.63. The lowest BCUT2D eigenvalue weighted by Crippen LogP contribution is -2.60. The van der Waals surface area contributed by atoms with Crippen molar-refractivity contribution in [2.75, 3.05) is 26.2 Å². The van der Waals surface area contributed by atoms with Gasteiger partial charge >= 0.3 is 0 Å². The first kappa shape index (κ1) is 14.3. The number of hydrogen-bond acceptors (Lipinski definition) is 2. The number of carbonyl (C=O) groups excluding carboxylic acids is 1. The maximum Gasteiger partial charge on any atom is 0.257 e. The molecular weight excluding hydrogens is 288 g/mol. The van der Waals surface area contributed by atoms with Crippen LogP contribution >= 0.6 is 0 Å². The Kier molecular flexibility index (Phi) is 3.61. The Morgan fingerprint density at radius 1 is 1.00 bits per heavy atom. The summed E-state index contributed by atoms with van der Waals surface area (Å²) < 4.78 is 52.7. The molecule has 114 valence electrons. The molecule has 2 fully saturated rings. The average Bonchev–Trinajstić information content (AvgIpc) is 2.92. The zero-order valence-electron chi connectivity index (χ0n) is 11.2. The van der Waals surface area contributed by atoms with Crippen LogP contribution in [-0.2, 0) is 0 Å². The summed E-state index contributed by atoms with van der Waals surface area (Å²) >= 11 is 0. The fourth-order valence-electron chi connectivity index (χ4n) is 2.86. The Morgan fingerprint density at radius 2 is 1.62 bits per heavy atom. The van der Waals surface area contributed by atoms with Crippen molar-refractivity contribution in [2.45, 2.75) is 18.9 Å². The van der Waals surface area contributed by atoms with Crippen molar-refractivity contribution in [2.24, 2.45) is 0 Å². The molecule has 7 heteroatoms. The number of carbonyl (C=O) groups is 1. The van der Waals surface area contributed by atoms with Crippen LogP contribution < -0.4 is 0 Å². The first-order valence-electron chi connectivity index (χ1n) is 6.85. The Morgan fingerprint density at radius 3 is 2.24 bits per heavy atom. The number of rotatable bonds is 2. The highest BCUT2D eigenvalue weighted by molar-refractivity contribution is 5.95. The van der Waals surface area contributed by atoms with Crippen LogP contribution in [0.15, 0.2) is 6.07 Å². The number of hydrogen-bond donors (Lipinski definition) is 0. The molecule has 2 aliphatic heterocycles. The highest BCUT2D eigenvalue weighted by atomic mass is 19.2. The number of benzene rings is 1. The minimum atomic E-state index is -1.95. The maximum atomic E-state index is 13.6. The summed E-state index contributed by atoms with van der Waals surface area (Å²) in [5, 5.41) is 0. The van der Waals surface area contributed by atoms with E-state index in [1.54, 1.807) is 0 Å². The van der Waals surface area contributed by atoms with Crippen molar-refractivity contribution in [1.82, 2.24) is 9.80 Å². The zero-order chi connectivity index (χ0) is 15.1. The van der Waals surface area contributed by atoms with Crippen LogP contribution in [0.3, 0.4) is 0 Å². The second kappa shape index (κ2) is 5.29. The lowest BCUT2D eigenvalue weighted by atomic mass is 10.0. The van der Waals surface area contributed by atoms with E-state index in [2.05, 4.69) is 4.90 Å². The molecular formula is C14H14F4N2O. The summed E-state index contributed by atoms with van der Waals surface area (Å²) in [5.41, 5.74) is -0.758. The molecule has 0 atom stereocenters. The lowest BCUT2D eigenvalue weighted by molar-refractivity contribution is 0.0329. The number of amides is 1. The van der Waals surface area contributed by atoms with Crippen LogP contribution in [0, 0.1) is 23.3 Å². The molecule has 0 unspecified atom stereocenters. The maximum absolute atomic E-state index is 13.6. The van der Waals surface area contributed by atoms with E-state index in [-0.39, 0.29) is 6.04 Å². The molecule has 2 aliphatic rings. The Balaban J connectivity index is 1.72. The topological polar surface area (TPSA) is 23.6 Å². The van der Waals surface area contributed by atoms with Crippen LogP contribution in [0.2, 0.25) is 0 Å². The summed E-state index contributed by atoms with van der Waals surface area (Å²) in [6.45, 7) is 2.75. The van der Waals surface area contributed by atoms with Gasteiger partial charge in [-0.2, -0.15) is 0 Å². The van der Waals surface area contributed by atoms with Gasteiger partial charge in [0.2, 0.25) is 0 Å². The molecule has 3 rings (SSSR count). The fraction of sp³-hybridized carbons (Fsp3) is 0.500. The lowest BCUT2D eigenvalue weighted by Gasteiger charge is -2.44. The predicted molar refractivity (Wildman–Crippen MR) is 66.8 cm³/mol. The molecule has 1 aromatic rings. The summed E-state index contributed by atoms with van der Waals surface area (Å²) in [4.78, 5) is 15.6. The van der Waals surface area contributed by atoms with E-state index in [0.717, 1.165) is 25.9 Å². The quantitative estimate of drug-likeness (QED) is 0.475. The molecule has 2 saturated heterocycles. The number of nitrogens with zero attached hydrogens (tertiary/aromatic N) is 2. The molecule has 1 aromatic carbocycles. The molecule has 0 N–H and O–H groups in total. The third-order valence-electron chi connectivity index (χ3n) is 4.14. The van der Waals surface area contributed by atoms with Gasteiger partial charge in [0, 0.05) is 19.1 Å². The summed E-state index contributed by atoms with van der Waals surface area (Å²) in [5.74, 6) is -7.85. The van der Waals surface area contributed by atoms with Crippen LogP contribution in [-0.4, -0.2) is 47.9 Å². The van der Waals surface area contributed by atoms with Crippen LogP contribution in [0.1, 0.15) is 23.2 Å². The average molecular weight is 302 g/mol. The van der Waals surface area contributed by atoms with E-state index < -0.39 is 34.7 Å². The molecule has 1 amide bonds. The number of likely N-dealkylation sites (tertiary alicyclic amines) is 2. The van der Waals surface area contributed by atoms with E-state index in [9.17, 15) is 22.4 Å². The molecule has 2 heterocycles. The van der Waals surface area contributed by atoms with Gasteiger partial charge in [0.25, 0.3) is 5.91 Å². The van der Waals surface area contributed by atoms with Gasteiger partial charge in [0.05, 0.1) is 5.56 Å². The van der Waals surface area contributed by atoms with Crippen molar-refractivity contribution in [3.05, 3.63) is 34.9 Å². The molecule has 3 nitrogen and oxygen atoms in total. The highest BCUT2D eigenvalue weighted by Crippen LogP contribution is 2.25. The van der Waals surface area contributed by atoms with Crippen LogP contribution in [0.4, 0.5) is 17.6 Å². The number of halogens is 4. The first-order chi connectivity index (χ1) is 9.99. The van der Waals surface area contributed by atoms with Crippen molar-refractivity contribution in [3.8, 4) is 0 Å². The molecule has 0 radical (unpaired) electrons. The summed E-state index contributed by atoms with van der Waals surface area (Å²) in [7, 11) is 0. The Labute approximate surface area is 119 Å². The van der Waals surface area contributed by atoms with Crippen LogP contribution in [0.25, 0.3) is 0 Å². The summed E-state index contributed by atoms with van der Waals surface area (Å²) in [6.07, 6.45) is 2.24. The van der Waals surface area contributed by atoms with Crippen molar-refractivity contribution in [3.63, 3.8) is 0 Å². The minimum absolute atomic E-state index is 0.217. The van der Waals surface area contributed by atoms with Gasteiger partial charge in [-0.05, 0) is 32.0 Å². The molecule has 0 bridgehead atoms. The zero-order valence-corrected chi connectivity index (χ0v) is 11.2. The van der Waals surface area contributed by atoms with E-state index >= 15 is 0 Å². The largest absolute Gasteiger partial charge is 0.335 e. The van der Waals surface area contributed by atoms with Crippen molar-refractivity contribution in [1.29, 1.82) is 0 Å². The third-order valence-corrected chi connectivity index (χ3v) is 4.14. The van der Waals surface area contributed by atoms with Crippen molar-refractivity contribution >= 4 is 5.91 Å². The highest BCUT2D eigenvalue weighted by Gasteiger charge is 2.37. The molecule has 0 aliphatic carbocycles. The standard InChI is InChI=1S/C14H14F4N2O/c15-10-5-9(11(16)13(18)12(10)17)14(21)20-6-8(7-20)19-3-1-2-4-19/h5,8H,1-4,6-7H2. The molecule has 0 spiro atoms. The van der Waals surface area contributed by atoms with Gasteiger partial charge in [0.1, 0.15) is 0 Å². The van der Waals surface area contributed by atoms with Gasteiger partial charge < -0.3 is 4.90 Å². The van der Waals surface area contributed by atoms with Gasteiger partial charge in [-0.15, -0.1) is 0 Å². The van der Waals surface area contributed by atoms with Gasteiger partial charge in [0.15, 0.2) is 23.3 Å². The molecule has 21 heavy (non-hydrogen) atoms. The normalized spacial score (nSPS) is 19.9. The monoisotopic (exact) mass is 302 g/mol.